The number of nitrogens with zero attached hydrogens (tertiary/aromatic N) is 1. The Bertz CT molecular complexity index is 513. The molecule has 1 aromatic rings. The summed E-state index contributed by atoms with van der Waals surface area (Å²) in [5.74, 6) is 0.919. The molecule has 0 amide bonds. The summed E-state index contributed by atoms with van der Waals surface area (Å²) in [4.78, 5) is 4.33. The van der Waals surface area contributed by atoms with Crippen LogP contribution >= 0.6 is 0 Å². The van der Waals surface area contributed by atoms with Gasteiger partial charge in [0.15, 0.2) is 5.96 Å². The third kappa shape index (κ3) is 5.46. The second-order valence-corrected chi connectivity index (χ2v) is 5.05. The molecule has 2 rings (SSSR count). The van der Waals surface area contributed by atoms with Crippen LogP contribution in [0, 0.1) is 0 Å². The average Bonchev–Trinajstić information content (AvgIpc) is 3.27. The van der Waals surface area contributed by atoms with Gasteiger partial charge in [0.05, 0.1) is 12.1 Å². The van der Waals surface area contributed by atoms with Crippen LogP contribution in [-0.2, 0) is 6.18 Å². The number of nitrogens with one attached hydrogen (secondary N) is 2. The predicted octanol–water partition coefficient (Wildman–Crippen LogP) is 2.80. The summed E-state index contributed by atoms with van der Waals surface area (Å²) < 4.78 is 43.1. The number of ether oxygens (including phenoxy) is 1. The Balaban J connectivity index is 1.82. The molecule has 0 atom stereocenters. The molecule has 1 fully saturated rings. The molecule has 1 aliphatic carbocycles. The molecule has 7 heteroatoms. The first-order chi connectivity index (χ1) is 10.5. The minimum absolute atomic E-state index is 0.199. The van der Waals surface area contributed by atoms with E-state index < -0.39 is 11.7 Å². The van der Waals surface area contributed by atoms with Crippen molar-refractivity contribution in [3.8, 4) is 5.75 Å². The summed E-state index contributed by atoms with van der Waals surface area (Å²) in [6.07, 6.45) is -2.07. The zero-order valence-corrected chi connectivity index (χ0v) is 12.4. The summed E-state index contributed by atoms with van der Waals surface area (Å²) in [5.41, 5.74) is -0.711. The zero-order valence-electron chi connectivity index (χ0n) is 12.4. The molecule has 4 nitrogen and oxygen atoms in total. The first kappa shape index (κ1) is 16.5. The van der Waals surface area contributed by atoms with E-state index in [-0.39, 0.29) is 12.4 Å². The van der Waals surface area contributed by atoms with E-state index in [2.05, 4.69) is 15.6 Å². The topological polar surface area (TPSA) is 45.7 Å². The molecule has 1 aliphatic rings. The molecule has 2 N–H and O–H groups in total. The van der Waals surface area contributed by atoms with Crippen LogP contribution in [0.1, 0.15) is 25.3 Å². The smallest absolute Gasteiger partial charge is 0.416 e. The van der Waals surface area contributed by atoms with Gasteiger partial charge in [-0.1, -0.05) is 6.07 Å². The Morgan fingerprint density at radius 2 is 2.14 bits per heavy atom. The van der Waals surface area contributed by atoms with Gasteiger partial charge >= 0.3 is 6.18 Å². The van der Waals surface area contributed by atoms with Crippen LogP contribution in [0.3, 0.4) is 0 Å². The van der Waals surface area contributed by atoms with Crippen molar-refractivity contribution in [2.24, 2.45) is 4.99 Å². The molecule has 0 radical (unpaired) electrons. The fraction of sp³-hybridized carbons (Fsp3) is 0.533. The molecular formula is C15H20F3N3O. The second kappa shape index (κ2) is 7.38. The number of rotatable bonds is 6. The molecule has 22 heavy (non-hydrogen) atoms. The van der Waals surface area contributed by atoms with Crippen LogP contribution < -0.4 is 15.4 Å². The molecule has 1 saturated carbocycles. The normalized spacial score (nSPS) is 15.5. The van der Waals surface area contributed by atoms with Gasteiger partial charge in [0.2, 0.25) is 0 Å². The lowest BCUT2D eigenvalue weighted by Gasteiger charge is -2.11. The summed E-state index contributed by atoms with van der Waals surface area (Å²) in [5, 5.41) is 6.37. The Labute approximate surface area is 127 Å². The lowest BCUT2D eigenvalue weighted by Crippen LogP contribution is -2.38. The first-order valence-electron chi connectivity index (χ1n) is 7.34. The van der Waals surface area contributed by atoms with Crippen LogP contribution in [0.15, 0.2) is 29.3 Å². The highest BCUT2D eigenvalue weighted by molar-refractivity contribution is 5.80. The van der Waals surface area contributed by atoms with E-state index in [1.807, 2.05) is 6.92 Å². The van der Waals surface area contributed by atoms with Gasteiger partial charge in [-0.05, 0) is 38.0 Å². The zero-order chi connectivity index (χ0) is 16.0. The third-order valence-corrected chi connectivity index (χ3v) is 3.05. The predicted molar refractivity (Wildman–Crippen MR) is 79.1 cm³/mol. The fourth-order valence-corrected chi connectivity index (χ4v) is 1.82. The second-order valence-electron chi connectivity index (χ2n) is 5.05. The summed E-state index contributed by atoms with van der Waals surface area (Å²) in [6.45, 7) is 3.33. The largest absolute Gasteiger partial charge is 0.492 e. The van der Waals surface area contributed by atoms with Crippen molar-refractivity contribution >= 4 is 5.96 Å². The Kier molecular flexibility index (Phi) is 5.51. The van der Waals surface area contributed by atoms with Crippen LogP contribution in [-0.4, -0.2) is 31.7 Å². The van der Waals surface area contributed by atoms with E-state index in [9.17, 15) is 13.2 Å². The monoisotopic (exact) mass is 315 g/mol. The highest BCUT2D eigenvalue weighted by Crippen LogP contribution is 2.31. The van der Waals surface area contributed by atoms with Gasteiger partial charge < -0.3 is 15.4 Å². The highest BCUT2D eigenvalue weighted by Gasteiger charge is 2.30. The van der Waals surface area contributed by atoms with Crippen molar-refractivity contribution in [2.75, 3.05) is 19.7 Å². The van der Waals surface area contributed by atoms with Gasteiger partial charge in [0.25, 0.3) is 0 Å². The SMILES string of the molecule is CCNC(=NCCOc1cccc(C(F)(F)F)c1)NC1CC1. The number of alkyl halides is 3. The van der Waals surface area contributed by atoms with Crippen molar-refractivity contribution < 1.29 is 17.9 Å². The minimum atomic E-state index is -4.36. The van der Waals surface area contributed by atoms with Crippen molar-refractivity contribution in [2.45, 2.75) is 32.0 Å². The van der Waals surface area contributed by atoms with E-state index in [4.69, 9.17) is 4.74 Å². The lowest BCUT2D eigenvalue weighted by atomic mass is 10.2. The van der Waals surface area contributed by atoms with E-state index in [0.717, 1.165) is 37.5 Å². The number of guanidine groups is 1. The average molecular weight is 315 g/mol. The fourth-order valence-electron chi connectivity index (χ4n) is 1.82. The number of benzene rings is 1. The third-order valence-electron chi connectivity index (χ3n) is 3.05. The van der Waals surface area contributed by atoms with Crippen molar-refractivity contribution in [3.05, 3.63) is 29.8 Å². The molecule has 1 aromatic carbocycles. The van der Waals surface area contributed by atoms with Gasteiger partial charge in [-0.2, -0.15) is 13.2 Å². The lowest BCUT2D eigenvalue weighted by molar-refractivity contribution is -0.137. The molecule has 0 bridgehead atoms. The van der Waals surface area contributed by atoms with Gasteiger partial charge in [0.1, 0.15) is 12.4 Å². The van der Waals surface area contributed by atoms with E-state index in [1.165, 1.54) is 12.1 Å². The molecule has 0 unspecified atom stereocenters. The van der Waals surface area contributed by atoms with Gasteiger partial charge in [0, 0.05) is 12.6 Å². The van der Waals surface area contributed by atoms with Gasteiger partial charge in [-0.3, -0.25) is 0 Å². The maximum absolute atomic E-state index is 12.6. The van der Waals surface area contributed by atoms with Gasteiger partial charge in [-0.15, -0.1) is 0 Å². The molecular weight excluding hydrogens is 295 g/mol. The highest BCUT2D eigenvalue weighted by atomic mass is 19.4. The Morgan fingerprint density at radius 3 is 2.77 bits per heavy atom. The number of hydrogen-bond acceptors (Lipinski definition) is 2. The maximum atomic E-state index is 12.6. The summed E-state index contributed by atoms with van der Waals surface area (Å²) >= 11 is 0. The quantitative estimate of drug-likeness (QED) is 0.482. The first-order valence-corrected chi connectivity index (χ1v) is 7.34. The van der Waals surface area contributed by atoms with Crippen molar-refractivity contribution in [1.82, 2.24) is 10.6 Å². The van der Waals surface area contributed by atoms with Crippen LogP contribution in [0.4, 0.5) is 13.2 Å². The maximum Gasteiger partial charge on any atom is 0.416 e. The summed E-state index contributed by atoms with van der Waals surface area (Å²) in [7, 11) is 0. The minimum Gasteiger partial charge on any atom is -0.492 e. The Morgan fingerprint density at radius 1 is 1.36 bits per heavy atom. The van der Waals surface area contributed by atoms with E-state index in [0.29, 0.717) is 12.6 Å². The standard InChI is InChI=1S/C15H20F3N3O/c1-2-19-14(21-12-6-7-12)20-8-9-22-13-5-3-4-11(10-13)15(16,17)18/h3-5,10,12H,2,6-9H2,1H3,(H2,19,20,21). The van der Waals surface area contributed by atoms with Crippen LogP contribution in [0.5, 0.6) is 5.75 Å². The summed E-state index contributed by atoms with van der Waals surface area (Å²) in [6, 6.07) is 5.35. The molecule has 0 aromatic heterocycles. The van der Waals surface area contributed by atoms with Gasteiger partial charge in [-0.25, -0.2) is 4.99 Å². The number of hydrogen-bond donors (Lipinski definition) is 2. The van der Waals surface area contributed by atoms with E-state index in [1.54, 1.807) is 0 Å². The molecule has 0 spiro atoms. The van der Waals surface area contributed by atoms with Crippen molar-refractivity contribution in [1.29, 1.82) is 0 Å². The number of halogens is 3. The van der Waals surface area contributed by atoms with Crippen molar-refractivity contribution in [3.63, 3.8) is 0 Å². The molecule has 122 valence electrons. The van der Waals surface area contributed by atoms with Crippen LogP contribution in [0.2, 0.25) is 0 Å². The number of aliphatic imine (C=N–C) groups is 1. The Hall–Kier alpha value is -1.92. The molecule has 0 heterocycles. The van der Waals surface area contributed by atoms with E-state index >= 15 is 0 Å². The van der Waals surface area contributed by atoms with Crippen LogP contribution in [0.25, 0.3) is 0 Å². The molecule has 0 aliphatic heterocycles. The molecule has 0 saturated heterocycles.